The van der Waals surface area contributed by atoms with Crippen LogP contribution in [0.25, 0.3) is 0 Å². The Morgan fingerprint density at radius 1 is 1.43 bits per heavy atom. The fraction of sp³-hybridized carbons (Fsp3) is 0.533. The zero-order chi connectivity index (χ0) is 14.5. The minimum Gasteiger partial charge on any atom is -0.350 e. The molecule has 1 aliphatic heterocycles. The van der Waals surface area contributed by atoms with E-state index in [9.17, 15) is 13.6 Å². The highest BCUT2D eigenvalue weighted by molar-refractivity contribution is 5.85. The molecule has 2 atom stereocenters. The highest BCUT2D eigenvalue weighted by Gasteiger charge is 2.17. The van der Waals surface area contributed by atoms with Gasteiger partial charge in [0.25, 0.3) is 0 Å². The average Bonchev–Trinajstić information content (AvgIpc) is 2.92. The second kappa shape index (κ2) is 8.29. The van der Waals surface area contributed by atoms with E-state index in [1.807, 2.05) is 0 Å². The molecule has 6 heteroatoms. The first-order chi connectivity index (χ1) is 9.56. The third-order valence-electron chi connectivity index (χ3n) is 3.76. The molecule has 0 aromatic heterocycles. The molecule has 1 aliphatic rings. The van der Waals surface area contributed by atoms with E-state index in [1.165, 1.54) is 6.07 Å². The molecule has 0 saturated carbocycles. The molecule has 1 aromatic carbocycles. The molecule has 3 nitrogen and oxygen atoms in total. The molecule has 1 fully saturated rings. The van der Waals surface area contributed by atoms with Gasteiger partial charge in [-0.15, -0.1) is 12.4 Å². The lowest BCUT2D eigenvalue weighted by Gasteiger charge is -2.15. The summed E-state index contributed by atoms with van der Waals surface area (Å²) < 4.78 is 26.0. The van der Waals surface area contributed by atoms with Crippen molar-refractivity contribution in [2.24, 2.45) is 5.92 Å². The van der Waals surface area contributed by atoms with Crippen LogP contribution in [-0.4, -0.2) is 19.0 Å². The first kappa shape index (κ1) is 17.9. The van der Waals surface area contributed by atoms with Crippen molar-refractivity contribution in [2.45, 2.75) is 32.2 Å². The number of rotatable bonds is 5. The van der Waals surface area contributed by atoms with Crippen LogP contribution in [0, 0.1) is 17.6 Å². The van der Waals surface area contributed by atoms with Crippen LogP contribution in [0.4, 0.5) is 8.78 Å². The van der Waals surface area contributed by atoms with Crippen LogP contribution < -0.4 is 10.6 Å². The second-order valence-electron chi connectivity index (χ2n) is 5.36. The van der Waals surface area contributed by atoms with Crippen LogP contribution in [0.3, 0.4) is 0 Å². The molecule has 1 heterocycles. The molecule has 21 heavy (non-hydrogen) atoms. The molecule has 0 aliphatic carbocycles. The van der Waals surface area contributed by atoms with Crippen molar-refractivity contribution in [3.05, 3.63) is 35.4 Å². The first-order valence-corrected chi connectivity index (χ1v) is 7.01. The highest BCUT2D eigenvalue weighted by Crippen LogP contribution is 2.17. The quantitative estimate of drug-likeness (QED) is 0.876. The Kier molecular flexibility index (Phi) is 7.05. The van der Waals surface area contributed by atoms with Gasteiger partial charge in [-0.2, -0.15) is 0 Å². The zero-order valence-corrected chi connectivity index (χ0v) is 12.8. The molecule has 0 bridgehead atoms. The topological polar surface area (TPSA) is 41.1 Å². The molecule has 2 rings (SSSR count). The van der Waals surface area contributed by atoms with Crippen LogP contribution in [-0.2, 0) is 4.79 Å². The molecule has 0 spiro atoms. The van der Waals surface area contributed by atoms with Crippen LogP contribution in [0.5, 0.6) is 0 Å². The van der Waals surface area contributed by atoms with Crippen LogP contribution in [0.1, 0.15) is 37.8 Å². The Morgan fingerprint density at radius 3 is 2.81 bits per heavy atom. The van der Waals surface area contributed by atoms with Crippen LogP contribution in [0.15, 0.2) is 18.2 Å². The van der Waals surface area contributed by atoms with Gasteiger partial charge in [0.15, 0.2) is 11.6 Å². The summed E-state index contributed by atoms with van der Waals surface area (Å²) in [5.41, 5.74) is 0.569. The molecular formula is C15H21ClF2N2O. The largest absolute Gasteiger partial charge is 0.350 e. The number of benzene rings is 1. The lowest BCUT2D eigenvalue weighted by Crippen LogP contribution is -2.27. The van der Waals surface area contributed by atoms with Gasteiger partial charge in [0.05, 0.1) is 6.04 Å². The summed E-state index contributed by atoms with van der Waals surface area (Å²) in [6.07, 6.45) is 2.45. The minimum absolute atomic E-state index is 0. The summed E-state index contributed by atoms with van der Waals surface area (Å²) in [5.74, 6) is -1.24. The molecule has 1 aromatic rings. The van der Waals surface area contributed by atoms with E-state index in [4.69, 9.17) is 0 Å². The molecule has 2 N–H and O–H groups in total. The van der Waals surface area contributed by atoms with Crippen molar-refractivity contribution >= 4 is 18.3 Å². The number of nitrogens with one attached hydrogen (secondary N) is 2. The number of amides is 1. The van der Waals surface area contributed by atoms with Crippen LogP contribution >= 0.6 is 12.4 Å². The smallest absolute Gasteiger partial charge is 0.220 e. The number of carbonyl (C=O) groups is 1. The summed E-state index contributed by atoms with van der Waals surface area (Å²) in [6, 6.07) is 3.38. The molecular weight excluding hydrogens is 298 g/mol. The lowest BCUT2D eigenvalue weighted by molar-refractivity contribution is -0.122. The van der Waals surface area contributed by atoms with E-state index in [0.29, 0.717) is 17.9 Å². The van der Waals surface area contributed by atoms with Crippen molar-refractivity contribution in [3.63, 3.8) is 0 Å². The first-order valence-electron chi connectivity index (χ1n) is 7.01. The summed E-state index contributed by atoms with van der Waals surface area (Å²) in [4.78, 5) is 11.8. The van der Waals surface area contributed by atoms with Gasteiger partial charge in [0.2, 0.25) is 5.91 Å². The molecule has 118 valence electrons. The summed E-state index contributed by atoms with van der Waals surface area (Å²) >= 11 is 0. The van der Waals surface area contributed by atoms with Gasteiger partial charge in [-0.1, -0.05) is 6.07 Å². The number of carbonyl (C=O) groups excluding carboxylic acids is 1. The Balaban J connectivity index is 0.00000220. The van der Waals surface area contributed by atoms with E-state index in [0.717, 1.165) is 38.1 Å². The summed E-state index contributed by atoms with van der Waals surface area (Å²) in [5, 5.41) is 6.08. The maximum atomic E-state index is 13.1. The van der Waals surface area contributed by atoms with Crippen molar-refractivity contribution in [3.8, 4) is 0 Å². The van der Waals surface area contributed by atoms with Crippen molar-refractivity contribution in [1.82, 2.24) is 10.6 Å². The van der Waals surface area contributed by atoms with Gasteiger partial charge in [-0.05, 0) is 56.5 Å². The van der Waals surface area contributed by atoms with Crippen LogP contribution in [0.2, 0.25) is 0 Å². The monoisotopic (exact) mass is 318 g/mol. The van der Waals surface area contributed by atoms with Gasteiger partial charge < -0.3 is 10.6 Å². The van der Waals surface area contributed by atoms with E-state index < -0.39 is 11.6 Å². The molecule has 2 unspecified atom stereocenters. The number of hydrogen-bond donors (Lipinski definition) is 2. The predicted molar refractivity (Wildman–Crippen MR) is 80.4 cm³/mol. The third-order valence-corrected chi connectivity index (χ3v) is 3.76. The number of hydrogen-bond acceptors (Lipinski definition) is 2. The van der Waals surface area contributed by atoms with Crippen molar-refractivity contribution in [2.75, 3.05) is 13.1 Å². The molecule has 1 saturated heterocycles. The lowest BCUT2D eigenvalue weighted by atomic mass is 10.0. The minimum atomic E-state index is -0.888. The Morgan fingerprint density at radius 2 is 2.19 bits per heavy atom. The van der Waals surface area contributed by atoms with Crippen molar-refractivity contribution in [1.29, 1.82) is 0 Å². The SMILES string of the molecule is CC(NC(=O)CCC1CCNC1)c1ccc(F)c(F)c1.Cl. The predicted octanol–water partition coefficient (Wildman–Crippen LogP) is 2.95. The average molecular weight is 319 g/mol. The zero-order valence-electron chi connectivity index (χ0n) is 12.0. The fourth-order valence-corrected chi connectivity index (χ4v) is 2.47. The number of halogens is 3. The van der Waals surface area contributed by atoms with E-state index in [1.54, 1.807) is 6.92 Å². The third kappa shape index (κ3) is 5.25. The summed E-state index contributed by atoms with van der Waals surface area (Å²) in [6.45, 7) is 3.77. The Bertz CT molecular complexity index is 479. The maximum Gasteiger partial charge on any atom is 0.220 e. The van der Waals surface area contributed by atoms with Crippen molar-refractivity contribution < 1.29 is 13.6 Å². The molecule has 0 radical (unpaired) electrons. The maximum absolute atomic E-state index is 13.1. The Labute approximate surface area is 129 Å². The van der Waals surface area contributed by atoms with Gasteiger partial charge >= 0.3 is 0 Å². The van der Waals surface area contributed by atoms with E-state index >= 15 is 0 Å². The summed E-state index contributed by atoms with van der Waals surface area (Å²) in [7, 11) is 0. The standard InChI is InChI=1S/C15H20F2N2O.ClH/c1-10(12-3-4-13(16)14(17)8-12)19-15(20)5-2-11-6-7-18-9-11;/h3-4,8,10-11,18H,2,5-7,9H2,1H3,(H,19,20);1H. The molecule has 1 amide bonds. The highest BCUT2D eigenvalue weighted by atomic mass is 35.5. The van der Waals surface area contributed by atoms with Gasteiger partial charge in [-0.25, -0.2) is 8.78 Å². The van der Waals surface area contributed by atoms with Gasteiger partial charge in [-0.3, -0.25) is 4.79 Å². The van der Waals surface area contributed by atoms with E-state index in [2.05, 4.69) is 10.6 Å². The fourth-order valence-electron chi connectivity index (χ4n) is 2.47. The Hall–Kier alpha value is -1.20. The normalized spacial score (nSPS) is 18.9. The second-order valence-corrected chi connectivity index (χ2v) is 5.36. The van der Waals surface area contributed by atoms with Gasteiger partial charge in [0, 0.05) is 6.42 Å². The van der Waals surface area contributed by atoms with Gasteiger partial charge in [0.1, 0.15) is 0 Å². The van der Waals surface area contributed by atoms with E-state index in [-0.39, 0.29) is 24.4 Å².